The summed E-state index contributed by atoms with van der Waals surface area (Å²) in [5, 5.41) is 2.62. The Morgan fingerprint density at radius 1 is 1.23 bits per heavy atom. The maximum absolute atomic E-state index is 13.6. The topological polar surface area (TPSA) is 32.3 Å². The van der Waals surface area contributed by atoms with Crippen molar-refractivity contribution in [2.75, 3.05) is 12.4 Å². The van der Waals surface area contributed by atoms with Crippen LogP contribution in [0.25, 0.3) is 0 Å². The van der Waals surface area contributed by atoms with Gasteiger partial charge in [-0.25, -0.2) is 4.39 Å². The van der Waals surface area contributed by atoms with Crippen molar-refractivity contribution in [3.63, 3.8) is 0 Å². The molecule has 0 aliphatic carbocycles. The molecule has 116 valence electrons. The number of carbonyl (C=O) groups excluding carboxylic acids is 1. The number of nitrogens with one attached hydrogen (secondary N) is 1. The van der Waals surface area contributed by atoms with Crippen molar-refractivity contribution in [3.8, 4) is 0 Å². The fourth-order valence-electron chi connectivity index (χ4n) is 2.01. The van der Waals surface area contributed by atoms with Crippen molar-refractivity contribution in [2.24, 2.45) is 0 Å². The second kappa shape index (κ2) is 7.51. The number of para-hydroxylation sites is 1. The van der Waals surface area contributed by atoms with E-state index in [4.69, 9.17) is 0 Å². The highest BCUT2D eigenvalue weighted by atomic mass is 79.9. The van der Waals surface area contributed by atoms with Crippen LogP contribution in [0.3, 0.4) is 0 Å². The lowest BCUT2D eigenvalue weighted by atomic mass is 10.2. The highest BCUT2D eigenvalue weighted by Crippen LogP contribution is 2.15. The van der Waals surface area contributed by atoms with E-state index < -0.39 is 5.82 Å². The lowest BCUT2D eigenvalue weighted by Crippen LogP contribution is -2.39. The van der Waals surface area contributed by atoms with Crippen LogP contribution >= 0.6 is 15.9 Å². The Balaban J connectivity index is 1.97. The molecule has 1 amide bonds. The van der Waals surface area contributed by atoms with Crippen LogP contribution in [-0.2, 0) is 11.3 Å². The molecule has 0 spiro atoms. The third-order valence-corrected chi connectivity index (χ3v) is 4.05. The van der Waals surface area contributed by atoms with E-state index in [1.807, 2.05) is 36.2 Å². The summed E-state index contributed by atoms with van der Waals surface area (Å²) in [4.78, 5) is 14.1. The fraction of sp³-hybridized carbons (Fsp3) is 0.235. The van der Waals surface area contributed by atoms with Crippen LogP contribution in [0.15, 0.2) is 53.0 Å². The zero-order chi connectivity index (χ0) is 16.1. The molecular weight excluding hydrogens is 347 g/mol. The molecule has 1 N–H and O–H groups in total. The lowest BCUT2D eigenvalue weighted by molar-refractivity contribution is -0.120. The summed E-state index contributed by atoms with van der Waals surface area (Å²) < 4.78 is 14.6. The zero-order valence-electron chi connectivity index (χ0n) is 12.5. The Morgan fingerprint density at radius 2 is 1.86 bits per heavy atom. The van der Waals surface area contributed by atoms with Crippen molar-refractivity contribution in [1.29, 1.82) is 0 Å². The summed E-state index contributed by atoms with van der Waals surface area (Å²) in [5.74, 6) is -0.664. The number of rotatable bonds is 5. The maximum Gasteiger partial charge on any atom is 0.241 e. The van der Waals surface area contributed by atoms with E-state index in [2.05, 4.69) is 21.2 Å². The van der Waals surface area contributed by atoms with Gasteiger partial charge in [0, 0.05) is 11.0 Å². The minimum Gasteiger partial charge on any atom is -0.322 e. The first-order valence-electron chi connectivity index (χ1n) is 6.97. The second-order valence-electron chi connectivity index (χ2n) is 5.19. The third kappa shape index (κ3) is 4.39. The SMILES string of the molecule is CC(C(=O)Nc1ccccc1F)N(C)Cc1ccc(Br)cc1. The van der Waals surface area contributed by atoms with E-state index in [9.17, 15) is 9.18 Å². The highest BCUT2D eigenvalue weighted by molar-refractivity contribution is 9.10. The monoisotopic (exact) mass is 364 g/mol. The molecule has 5 heteroatoms. The molecule has 2 aromatic carbocycles. The van der Waals surface area contributed by atoms with Crippen molar-refractivity contribution in [1.82, 2.24) is 4.90 Å². The third-order valence-electron chi connectivity index (χ3n) is 3.52. The van der Waals surface area contributed by atoms with Gasteiger partial charge in [-0.3, -0.25) is 9.69 Å². The molecular formula is C17H18BrFN2O. The Kier molecular flexibility index (Phi) is 5.69. The van der Waals surface area contributed by atoms with E-state index >= 15 is 0 Å². The first kappa shape index (κ1) is 16.6. The van der Waals surface area contributed by atoms with Crippen LogP contribution in [0.5, 0.6) is 0 Å². The number of benzene rings is 2. The standard InChI is InChI=1S/C17H18BrFN2O/c1-12(17(22)20-16-6-4-3-5-15(16)19)21(2)11-13-7-9-14(18)10-8-13/h3-10,12H,11H2,1-2H3,(H,20,22). The minimum atomic E-state index is -0.432. The zero-order valence-corrected chi connectivity index (χ0v) is 14.1. The van der Waals surface area contributed by atoms with Crippen molar-refractivity contribution in [3.05, 3.63) is 64.4 Å². The quantitative estimate of drug-likeness (QED) is 0.867. The van der Waals surface area contributed by atoms with Crippen LogP contribution in [-0.4, -0.2) is 23.9 Å². The van der Waals surface area contributed by atoms with Gasteiger partial charge >= 0.3 is 0 Å². The normalized spacial score (nSPS) is 12.2. The van der Waals surface area contributed by atoms with Gasteiger partial charge in [0.1, 0.15) is 5.82 Å². The van der Waals surface area contributed by atoms with Gasteiger partial charge in [0.25, 0.3) is 0 Å². The van der Waals surface area contributed by atoms with Gasteiger partial charge in [0.15, 0.2) is 0 Å². The van der Waals surface area contributed by atoms with Crippen molar-refractivity contribution >= 4 is 27.5 Å². The Hall–Kier alpha value is -1.72. The van der Waals surface area contributed by atoms with Crippen LogP contribution in [0.4, 0.5) is 10.1 Å². The minimum absolute atomic E-state index is 0.205. The van der Waals surface area contributed by atoms with E-state index in [-0.39, 0.29) is 17.6 Å². The highest BCUT2D eigenvalue weighted by Gasteiger charge is 2.19. The molecule has 0 heterocycles. The largest absolute Gasteiger partial charge is 0.322 e. The second-order valence-corrected chi connectivity index (χ2v) is 6.10. The molecule has 0 aliphatic rings. The van der Waals surface area contributed by atoms with Crippen molar-refractivity contribution < 1.29 is 9.18 Å². The van der Waals surface area contributed by atoms with Gasteiger partial charge in [-0.1, -0.05) is 40.2 Å². The molecule has 0 fully saturated rings. The Bertz CT molecular complexity index is 645. The smallest absolute Gasteiger partial charge is 0.241 e. The predicted molar refractivity (Wildman–Crippen MR) is 90.1 cm³/mol. The van der Waals surface area contributed by atoms with Gasteiger partial charge in [0.05, 0.1) is 11.7 Å². The number of nitrogens with zero attached hydrogens (tertiary/aromatic N) is 1. The Labute approximate surface area is 138 Å². The number of likely N-dealkylation sites (N-methyl/N-ethyl adjacent to an activating group) is 1. The maximum atomic E-state index is 13.6. The molecule has 0 saturated heterocycles. The van der Waals surface area contributed by atoms with E-state index in [0.29, 0.717) is 6.54 Å². The predicted octanol–water partition coefficient (Wildman–Crippen LogP) is 4.05. The molecule has 2 rings (SSSR count). The van der Waals surface area contributed by atoms with Crippen LogP contribution in [0, 0.1) is 5.82 Å². The number of anilines is 1. The number of hydrogen-bond donors (Lipinski definition) is 1. The molecule has 2 aromatic rings. The molecule has 1 atom stereocenters. The summed E-state index contributed by atoms with van der Waals surface area (Å²) in [5.41, 5.74) is 1.31. The van der Waals surface area contributed by atoms with E-state index in [1.165, 1.54) is 6.07 Å². The molecule has 0 bridgehead atoms. The van der Waals surface area contributed by atoms with Crippen LogP contribution in [0.1, 0.15) is 12.5 Å². The summed E-state index contributed by atoms with van der Waals surface area (Å²) in [6, 6.07) is 13.7. The summed E-state index contributed by atoms with van der Waals surface area (Å²) in [6.45, 7) is 2.44. The van der Waals surface area contributed by atoms with Gasteiger partial charge in [-0.05, 0) is 43.8 Å². The first-order chi connectivity index (χ1) is 10.5. The number of carbonyl (C=O) groups is 1. The molecule has 3 nitrogen and oxygen atoms in total. The molecule has 22 heavy (non-hydrogen) atoms. The molecule has 0 aliphatic heterocycles. The summed E-state index contributed by atoms with van der Waals surface area (Å²) >= 11 is 3.39. The Morgan fingerprint density at radius 3 is 2.50 bits per heavy atom. The van der Waals surface area contributed by atoms with Gasteiger partial charge in [-0.2, -0.15) is 0 Å². The lowest BCUT2D eigenvalue weighted by Gasteiger charge is -2.24. The number of amides is 1. The average molecular weight is 365 g/mol. The fourth-order valence-corrected chi connectivity index (χ4v) is 2.28. The van der Waals surface area contributed by atoms with Gasteiger partial charge in [0.2, 0.25) is 5.91 Å². The van der Waals surface area contributed by atoms with Crippen molar-refractivity contribution in [2.45, 2.75) is 19.5 Å². The molecule has 0 radical (unpaired) electrons. The number of hydrogen-bond acceptors (Lipinski definition) is 2. The molecule has 0 aromatic heterocycles. The van der Waals surface area contributed by atoms with Crippen LogP contribution < -0.4 is 5.32 Å². The molecule has 0 saturated carbocycles. The first-order valence-corrected chi connectivity index (χ1v) is 7.77. The van der Waals surface area contributed by atoms with Gasteiger partial charge in [-0.15, -0.1) is 0 Å². The molecule has 1 unspecified atom stereocenters. The van der Waals surface area contributed by atoms with E-state index in [0.717, 1.165) is 10.0 Å². The summed E-state index contributed by atoms with van der Waals surface area (Å²) in [6.07, 6.45) is 0. The average Bonchev–Trinajstić information content (AvgIpc) is 2.51. The van der Waals surface area contributed by atoms with Crippen LogP contribution in [0.2, 0.25) is 0 Å². The van der Waals surface area contributed by atoms with Gasteiger partial charge < -0.3 is 5.32 Å². The summed E-state index contributed by atoms with van der Waals surface area (Å²) in [7, 11) is 1.87. The van der Waals surface area contributed by atoms with E-state index in [1.54, 1.807) is 25.1 Å². The number of halogens is 2.